The molecule has 0 saturated carbocycles. The number of ketones is 1. The maximum absolute atomic E-state index is 15.4. The summed E-state index contributed by atoms with van der Waals surface area (Å²) >= 11 is 5.87. The molecule has 0 radical (unpaired) electrons. The quantitative estimate of drug-likeness (QED) is 0.443. The molecule has 8 nitrogen and oxygen atoms in total. The first-order chi connectivity index (χ1) is 17.1. The Morgan fingerprint density at radius 1 is 1.17 bits per heavy atom. The van der Waals surface area contributed by atoms with E-state index in [1.54, 1.807) is 6.07 Å². The number of hydrogen-bond acceptors (Lipinski definition) is 5. The number of ether oxygens (including phenoxy) is 1. The van der Waals surface area contributed by atoms with Crippen LogP contribution in [-0.4, -0.2) is 42.8 Å². The van der Waals surface area contributed by atoms with E-state index in [4.69, 9.17) is 16.3 Å². The van der Waals surface area contributed by atoms with Gasteiger partial charge in [0.2, 0.25) is 11.8 Å². The second kappa shape index (κ2) is 11.9. The van der Waals surface area contributed by atoms with E-state index in [9.17, 15) is 19.2 Å². The van der Waals surface area contributed by atoms with Crippen molar-refractivity contribution in [3.8, 4) is 0 Å². The summed E-state index contributed by atoms with van der Waals surface area (Å²) < 4.78 is 35.9. The van der Waals surface area contributed by atoms with Crippen LogP contribution in [0.4, 0.5) is 13.6 Å². The molecule has 1 heterocycles. The second-order valence-corrected chi connectivity index (χ2v) is 8.86. The monoisotopic (exact) mass is 521 g/mol. The molecule has 3 N–H and O–H groups in total. The van der Waals surface area contributed by atoms with Gasteiger partial charge in [-0.25, -0.2) is 4.79 Å². The lowest BCUT2D eigenvalue weighted by Gasteiger charge is -2.27. The predicted octanol–water partition coefficient (Wildman–Crippen LogP) is 3.50. The van der Waals surface area contributed by atoms with Gasteiger partial charge in [0.25, 0.3) is 0 Å². The van der Waals surface area contributed by atoms with E-state index in [0.717, 1.165) is 6.07 Å². The first kappa shape index (κ1) is 27.1. The molecule has 36 heavy (non-hydrogen) atoms. The van der Waals surface area contributed by atoms with Gasteiger partial charge in [-0.15, -0.1) is 0 Å². The fourth-order valence-corrected chi connectivity index (χ4v) is 4.04. The average Bonchev–Trinajstić information content (AvgIpc) is 3.25. The molecule has 3 rings (SSSR count). The summed E-state index contributed by atoms with van der Waals surface area (Å²) in [6.45, 7) is 1.16. The number of Topliss-reactive ketones (excluding diaryl/α,β-unsaturated/α-hetero) is 1. The molecule has 192 valence electrons. The number of alkyl carbamates (subject to hydrolysis) is 1. The van der Waals surface area contributed by atoms with Crippen molar-refractivity contribution < 1.29 is 32.7 Å². The van der Waals surface area contributed by atoms with Crippen LogP contribution in [0.25, 0.3) is 0 Å². The maximum Gasteiger partial charge on any atom is 0.408 e. The van der Waals surface area contributed by atoms with Crippen molar-refractivity contribution in [2.24, 2.45) is 5.92 Å². The van der Waals surface area contributed by atoms with Crippen LogP contribution < -0.4 is 16.0 Å². The van der Waals surface area contributed by atoms with Gasteiger partial charge in [0, 0.05) is 23.0 Å². The lowest BCUT2D eigenvalue weighted by Crippen LogP contribution is -2.46. The van der Waals surface area contributed by atoms with Gasteiger partial charge >= 0.3 is 12.0 Å². The van der Waals surface area contributed by atoms with E-state index >= 15 is 8.78 Å². The van der Waals surface area contributed by atoms with Crippen molar-refractivity contribution in [2.45, 2.75) is 37.8 Å². The number of amides is 3. The van der Waals surface area contributed by atoms with E-state index in [2.05, 4.69) is 16.0 Å². The van der Waals surface area contributed by atoms with Crippen LogP contribution in [0.3, 0.4) is 0 Å². The summed E-state index contributed by atoms with van der Waals surface area (Å²) in [4.78, 5) is 48.5. The first-order valence-electron chi connectivity index (χ1n) is 11.3. The summed E-state index contributed by atoms with van der Waals surface area (Å²) in [6.07, 6.45) is -2.59. The molecule has 0 aliphatic carbocycles. The molecule has 0 aromatic heterocycles. The fraction of sp³-hybridized carbons (Fsp3) is 0.360. The highest BCUT2D eigenvalue weighted by Gasteiger charge is 2.45. The lowest BCUT2D eigenvalue weighted by atomic mass is 9.96. The van der Waals surface area contributed by atoms with Gasteiger partial charge in [0.15, 0.2) is 11.9 Å². The minimum atomic E-state index is -3.65. The summed E-state index contributed by atoms with van der Waals surface area (Å²) in [5.74, 6) is -5.32. The molecule has 1 aliphatic heterocycles. The molecule has 1 aliphatic rings. The Balaban J connectivity index is 1.65. The maximum atomic E-state index is 15.4. The van der Waals surface area contributed by atoms with Crippen molar-refractivity contribution in [1.82, 2.24) is 16.0 Å². The SMILES string of the molecule is CC(=O)C(CC1CCNC1=O)NC(=O)CNC(=O)OC(c1ccccc1)C(F)(F)c1cccc(Cl)c1. The molecule has 11 heteroatoms. The second-order valence-electron chi connectivity index (χ2n) is 8.43. The van der Waals surface area contributed by atoms with Gasteiger partial charge in [0.05, 0.1) is 6.04 Å². The summed E-state index contributed by atoms with van der Waals surface area (Å²) in [5, 5.41) is 7.36. The largest absolute Gasteiger partial charge is 0.434 e. The molecule has 3 atom stereocenters. The van der Waals surface area contributed by atoms with Crippen LogP contribution in [0.1, 0.15) is 37.0 Å². The highest BCUT2D eigenvalue weighted by atomic mass is 35.5. The minimum Gasteiger partial charge on any atom is -0.434 e. The Labute approximate surface area is 211 Å². The number of hydrogen-bond donors (Lipinski definition) is 3. The van der Waals surface area contributed by atoms with Crippen LogP contribution in [-0.2, 0) is 25.0 Å². The molecule has 0 spiro atoms. The van der Waals surface area contributed by atoms with E-state index < -0.39 is 48.1 Å². The number of carbonyl (C=O) groups is 4. The molecule has 1 fully saturated rings. The number of benzene rings is 2. The molecule has 2 aromatic carbocycles. The Kier molecular flexibility index (Phi) is 8.98. The first-order valence-corrected chi connectivity index (χ1v) is 11.7. The Hall–Kier alpha value is -3.53. The normalized spacial score (nSPS) is 17.0. The average molecular weight is 522 g/mol. The van der Waals surface area contributed by atoms with Crippen molar-refractivity contribution in [3.63, 3.8) is 0 Å². The van der Waals surface area contributed by atoms with E-state index in [-0.39, 0.29) is 28.7 Å². The number of rotatable bonds is 10. The van der Waals surface area contributed by atoms with Crippen molar-refractivity contribution >= 4 is 35.3 Å². The summed E-state index contributed by atoms with van der Waals surface area (Å²) in [6, 6.07) is 11.6. The van der Waals surface area contributed by atoms with Gasteiger partial charge in [0.1, 0.15) is 6.54 Å². The Bertz CT molecular complexity index is 1120. The topological polar surface area (TPSA) is 114 Å². The van der Waals surface area contributed by atoms with Gasteiger partial charge in [-0.1, -0.05) is 54.1 Å². The highest BCUT2D eigenvalue weighted by Crippen LogP contribution is 2.43. The fourth-order valence-electron chi connectivity index (χ4n) is 3.85. The molecule has 3 amide bonds. The Morgan fingerprint density at radius 3 is 2.50 bits per heavy atom. The Morgan fingerprint density at radius 2 is 1.89 bits per heavy atom. The third kappa shape index (κ3) is 7.00. The van der Waals surface area contributed by atoms with Gasteiger partial charge in [-0.3, -0.25) is 14.4 Å². The van der Waals surface area contributed by atoms with Gasteiger partial charge in [-0.2, -0.15) is 8.78 Å². The van der Waals surface area contributed by atoms with Crippen LogP contribution in [0.2, 0.25) is 5.02 Å². The van der Waals surface area contributed by atoms with Crippen LogP contribution in [0.5, 0.6) is 0 Å². The molecular weight excluding hydrogens is 496 g/mol. The van der Waals surface area contributed by atoms with Crippen LogP contribution in [0.15, 0.2) is 54.6 Å². The van der Waals surface area contributed by atoms with Crippen LogP contribution in [0, 0.1) is 5.92 Å². The van der Waals surface area contributed by atoms with E-state index in [1.165, 1.54) is 49.4 Å². The zero-order chi connectivity index (χ0) is 26.3. The van der Waals surface area contributed by atoms with Crippen molar-refractivity contribution in [2.75, 3.05) is 13.1 Å². The van der Waals surface area contributed by atoms with Crippen LogP contribution >= 0.6 is 11.6 Å². The minimum absolute atomic E-state index is 0.0357. The molecule has 1 saturated heterocycles. The summed E-state index contributed by atoms with van der Waals surface area (Å²) in [7, 11) is 0. The van der Waals surface area contributed by atoms with Gasteiger partial charge in [-0.05, 0) is 37.5 Å². The molecule has 3 unspecified atom stereocenters. The lowest BCUT2D eigenvalue weighted by molar-refractivity contribution is -0.128. The zero-order valence-electron chi connectivity index (χ0n) is 19.4. The number of carbonyl (C=O) groups excluding carboxylic acids is 4. The van der Waals surface area contributed by atoms with Crippen molar-refractivity contribution in [1.29, 1.82) is 0 Å². The molecule has 0 bridgehead atoms. The highest BCUT2D eigenvalue weighted by molar-refractivity contribution is 6.30. The number of halogens is 3. The van der Waals surface area contributed by atoms with Crippen molar-refractivity contribution in [3.05, 3.63) is 70.7 Å². The third-order valence-electron chi connectivity index (χ3n) is 5.77. The number of nitrogens with one attached hydrogen (secondary N) is 3. The molecule has 2 aromatic rings. The van der Waals surface area contributed by atoms with E-state index in [1.807, 2.05) is 0 Å². The number of alkyl halides is 2. The van der Waals surface area contributed by atoms with E-state index in [0.29, 0.717) is 13.0 Å². The predicted molar refractivity (Wildman–Crippen MR) is 127 cm³/mol. The standard InChI is InChI=1S/C25H26ClF2N3O5/c1-15(32)20(12-17-10-11-29-23(17)34)31-21(33)14-30-24(35)36-22(16-6-3-2-4-7-16)25(27,28)18-8-5-9-19(26)13-18/h2-9,13,17,20,22H,10-12,14H2,1H3,(H,29,34)(H,30,35)(H,31,33). The smallest absolute Gasteiger partial charge is 0.408 e. The third-order valence-corrected chi connectivity index (χ3v) is 6.00. The summed E-state index contributed by atoms with van der Waals surface area (Å²) in [5.41, 5.74) is -0.414. The zero-order valence-corrected chi connectivity index (χ0v) is 20.2. The molecular formula is C25H26ClF2N3O5. The van der Waals surface area contributed by atoms with Gasteiger partial charge < -0.3 is 20.7 Å².